The Morgan fingerprint density at radius 1 is 1.40 bits per heavy atom. The van der Waals surface area contributed by atoms with Gasteiger partial charge in [-0.2, -0.15) is 0 Å². The molecule has 0 heterocycles. The molecule has 0 aliphatic heterocycles. The highest BCUT2D eigenvalue weighted by Gasteiger charge is 2.01. The Morgan fingerprint density at radius 2 is 1.90 bits per heavy atom. The summed E-state index contributed by atoms with van der Waals surface area (Å²) >= 11 is 0. The minimum Gasteiger partial charge on any atom is -0.0998 e. The third-order valence-electron chi connectivity index (χ3n) is 1.95. The van der Waals surface area contributed by atoms with Gasteiger partial charge in [-0.3, -0.25) is 0 Å². The van der Waals surface area contributed by atoms with Crippen molar-refractivity contribution in [2.75, 3.05) is 0 Å². The molecule has 10 heavy (non-hydrogen) atoms. The average molecular weight is 139 g/mol. The van der Waals surface area contributed by atoms with E-state index in [0.29, 0.717) is 0 Å². The molecule has 0 heteroatoms. The van der Waals surface area contributed by atoms with Gasteiger partial charge in [0.1, 0.15) is 0 Å². The molecule has 0 aromatic carbocycles. The van der Waals surface area contributed by atoms with E-state index in [0.717, 1.165) is 5.92 Å². The zero-order valence-electron chi connectivity index (χ0n) is 7.48. The summed E-state index contributed by atoms with van der Waals surface area (Å²) in [6.07, 6.45) is 6.03. The van der Waals surface area contributed by atoms with Gasteiger partial charge in [-0.05, 0) is 25.7 Å². The molecule has 0 nitrogen and oxygen atoms in total. The van der Waals surface area contributed by atoms with Crippen LogP contribution in [0.2, 0.25) is 0 Å². The van der Waals surface area contributed by atoms with Crippen molar-refractivity contribution >= 4 is 0 Å². The van der Waals surface area contributed by atoms with Gasteiger partial charge in [0.05, 0.1) is 0 Å². The van der Waals surface area contributed by atoms with E-state index in [1.807, 2.05) is 0 Å². The second-order valence-corrected chi connectivity index (χ2v) is 2.97. The van der Waals surface area contributed by atoms with Gasteiger partial charge in [0, 0.05) is 0 Å². The predicted molar refractivity (Wildman–Crippen MR) is 47.8 cm³/mol. The highest BCUT2D eigenvalue weighted by atomic mass is 14.1. The molecule has 0 spiro atoms. The summed E-state index contributed by atoms with van der Waals surface area (Å²) in [5.74, 6) is 0.872. The monoisotopic (exact) mass is 139 g/mol. The van der Waals surface area contributed by atoms with Gasteiger partial charge in [-0.15, -0.1) is 0 Å². The lowest BCUT2D eigenvalue weighted by atomic mass is 9.96. The third-order valence-corrected chi connectivity index (χ3v) is 1.95. The molecule has 0 bridgehead atoms. The molecule has 0 atom stereocenters. The topological polar surface area (TPSA) is 0 Å². The van der Waals surface area contributed by atoms with Crippen LogP contribution in [0.3, 0.4) is 0 Å². The van der Waals surface area contributed by atoms with Crippen molar-refractivity contribution in [2.24, 2.45) is 5.92 Å². The molecule has 0 aromatic rings. The van der Waals surface area contributed by atoms with E-state index in [2.05, 4.69) is 33.8 Å². The first-order valence-electron chi connectivity index (χ1n) is 4.19. The Balaban J connectivity index is 3.34. The fourth-order valence-electron chi connectivity index (χ4n) is 0.990. The fourth-order valence-corrected chi connectivity index (χ4v) is 0.990. The minimum atomic E-state index is 0.872. The summed E-state index contributed by atoms with van der Waals surface area (Å²) in [7, 11) is 0. The molecule has 0 aliphatic rings. The van der Waals surface area contributed by atoms with Crippen molar-refractivity contribution in [1.82, 2.24) is 0 Å². The number of allylic oxidation sites excluding steroid dienone is 1. The van der Waals surface area contributed by atoms with Crippen LogP contribution in [0, 0.1) is 12.3 Å². The first kappa shape index (κ1) is 9.74. The third kappa shape index (κ3) is 4.60. The molecule has 1 radical (unpaired) electrons. The number of rotatable bonds is 5. The summed E-state index contributed by atoms with van der Waals surface area (Å²) in [6.45, 7) is 10.4. The van der Waals surface area contributed by atoms with Crippen LogP contribution in [-0.4, -0.2) is 0 Å². The first-order chi connectivity index (χ1) is 4.70. The summed E-state index contributed by atoms with van der Waals surface area (Å²) in [5.41, 5.74) is 1.20. The summed E-state index contributed by atoms with van der Waals surface area (Å²) < 4.78 is 0. The lowest BCUT2D eigenvalue weighted by molar-refractivity contribution is 0.488. The van der Waals surface area contributed by atoms with Crippen LogP contribution < -0.4 is 0 Å². The van der Waals surface area contributed by atoms with Gasteiger partial charge < -0.3 is 0 Å². The molecule has 59 valence electrons. The van der Waals surface area contributed by atoms with Gasteiger partial charge in [-0.1, -0.05) is 38.8 Å². The smallest absolute Gasteiger partial charge is 0.0141 e. The van der Waals surface area contributed by atoms with E-state index in [1.165, 1.54) is 24.8 Å². The van der Waals surface area contributed by atoms with Crippen LogP contribution in [0.15, 0.2) is 12.2 Å². The van der Waals surface area contributed by atoms with E-state index >= 15 is 0 Å². The summed E-state index contributed by atoms with van der Waals surface area (Å²) in [4.78, 5) is 0. The second kappa shape index (κ2) is 5.52. The Hall–Kier alpha value is -0.260. The molecular formula is C10H19. The number of hydrogen-bond acceptors (Lipinski definition) is 0. The Bertz CT molecular complexity index is 88.2. The van der Waals surface area contributed by atoms with Crippen LogP contribution in [0.25, 0.3) is 0 Å². The van der Waals surface area contributed by atoms with Crippen molar-refractivity contribution < 1.29 is 0 Å². The largest absolute Gasteiger partial charge is 0.0998 e. The average Bonchev–Trinajstić information content (AvgIpc) is 1.90. The quantitative estimate of drug-likeness (QED) is 0.546. The molecule has 0 aliphatic carbocycles. The summed E-state index contributed by atoms with van der Waals surface area (Å²) in [6, 6.07) is 0. The molecule has 0 unspecified atom stereocenters. The SMILES string of the molecule is C=C(C)[CH]CC(CC)CC. The van der Waals surface area contributed by atoms with Crippen LogP contribution >= 0.6 is 0 Å². The van der Waals surface area contributed by atoms with Gasteiger partial charge in [0.25, 0.3) is 0 Å². The van der Waals surface area contributed by atoms with E-state index in [9.17, 15) is 0 Å². The minimum absolute atomic E-state index is 0.872. The Kier molecular flexibility index (Phi) is 5.38. The molecule has 0 saturated carbocycles. The van der Waals surface area contributed by atoms with E-state index < -0.39 is 0 Å². The molecule has 0 amide bonds. The van der Waals surface area contributed by atoms with Gasteiger partial charge in [0.2, 0.25) is 0 Å². The maximum Gasteiger partial charge on any atom is -0.0141 e. The van der Waals surface area contributed by atoms with E-state index in [4.69, 9.17) is 0 Å². The van der Waals surface area contributed by atoms with E-state index in [1.54, 1.807) is 0 Å². The Labute approximate surface area is 65.3 Å². The molecular weight excluding hydrogens is 120 g/mol. The zero-order valence-corrected chi connectivity index (χ0v) is 7.48. The maximum atomic E-state index is 3.84. The molecule has 0 aromatic heterocycles. The van der Waals surface area contributed by atoms with Crippen molar-refractivity contribution in [1.29, 1.82) is 0 Å². The first-order valence-corrected chi connectivity index (χ1v) is 4.19. The normalized spacial score (nSPS) is 10.4. The zero-order chi connectivity index (χ0) is 7.98. The fraction of sp³-hybridized carbons (Fsp3) is 0.700. The van der Waals surface area contributed by atoms with Crippen LogP contribution in [-0.2, 0) is 0 Å². The second-order valence-electron chi connectivity index (χ2n) is 2.97. The van der Waals surface area contributed by atoms with Crippen molar-refractivity contribution in [3.8, 4) is 0 Å². The Morgan fingerprint density at radius 3 is 2.20 bits per heavy atom. The summed E-state index contributed by atoms with van der Waals surface area (Å²) in [5, 5.41) is 0. The van der Waals surface area contributed by atoms with E-state index in [-0.39, 0.29) is 0 Å². The molecule has 0 N–H and O–H groups in total. The van der Waals surface area contributed by atoms with Gasteiger partial charge in [0.15, 0.2) is 0 Å². The van der Waals surface area contributed by atoms with Crippen LogP contribution in [0.1, 0.15) is 40.0 Å². The molecule has 0 rings (SSSR count). The van der Waals surface area contributed by atoms with Crippen molar-refractivity contribution in [2.45, 2.75) is 40.0 Å². The standard InChI is InChI=1S/C10H19/c1-5-10(6-2)8-7-9(3)4/h7,10H,3,5-6,8H2,1-2,4H3. The molecule has 0 saturated heterocycles. The lowest BCUT2D eigenvalue weighted by Gasteiger charge is -2.10. The maximum absolute atomic E-state index is 3.84. The molecule has 0 fully saturated rings. The number of hydrogen-bond donors (Lipinski definition) is 0. The van der Waals surface area contributed by atoms with Crippen LogP contribution in [0.5, 0.6) is 0 Å². The highest BCUT2D eigenvalue weighted by Crippen LogP contribution is 2.15. The lowest BCUT2D eigenvalue weighted by Crippen LogP contribution is -1.96. The highest BCUT2D eigenvalue weighted by molar-refractivity contribution is 5.03. The van der Waals surface area contributed by atoms with Gasteiger partial charge in [-0.25, -0.2) is 0 Å². The van der Waals surface area contributed by atoms with Gasteiger partial charge >= 0.3 is 0 Å². The predicted octanol–water partition coefficient (Wildman–Crippen LogP) is 3.59. The van der Waals surface area contributed by atoms with Crippen molar-refractivity contribution in [3.05, 3.63) is 18.6 Å². The van der Waals surface area contributed by atoms with Crippen molar-refractivity contribution in [3.63, 3.8) is 0 Å². The van der Waals surface area contributed by atoms with Crippen LogP contribution in [0.4, 0.5) is 0 Å².